The average Bonchev–Trinajstić information content (AvgIpc) is 2.47. The average molecular weight is 211 g/mol. The lowest BCUT2D eigenvalue weighted by atomic mass is 9.98. The summed E-state index contributed by atoms with van der Waals surface area (Å²) in [4.78, 5) is 0. The molecule has 0 aliphatic carbocycles. The Labute approximate surface area is 87.1 Å². The highest BCUT2D eigenvalue weighted by Gasteiger charge is 2.22. The molecule has 1 aromatic carbocycles. The molecule has 0 saturated heterocycles. The first kappa shape index (κ1) is 9.56. The number of aliphatic hydroxyl groups is 1. The van der Waals surface area contributed by atoms with E-state index in [-0.39, 0.29) is 0 Å². The lowest BCUT2D eigenvalue weighted by molar-refractivity contribution is 0.0792. The summed E-state index contributed by atoms with van der Waals surface area (Å²) in [5.41, 5.74) is 0.483. The zero-order valence-corrected chi connectivity index (χ0v) is 8.80. The zero-order valence-electron chi connectivity index (χ0n) is 8.04. The van der Waals surface area contributed by atoms with E-state index in [4.69, 9.17) is 16.0 Å². The standard InChI is InChI=1S/C11H11ClO2/c1-11(2,13)8-6-14-10-7(8)4-3-5-9(10)12/h3-6,13H,1-2H3. The maximum Gasteiger partial charge on any atom is 0.152 e. The van der Waals surface area contributed by atoms with Crippen LogP contribution in [0.5, 0.6) is 0 Å². The van der Waals surface area contributed by atoms with Crippen molar-refractivity contribution in [2.75, 3.05) is 0 Å². The molecule has 14 heavy (non-hydrogen) atoms. The minimum atomic E-state index is -0.907. The first-order valence-electron chi connectivity index (χ1n) is 4.39. The van der Waals surface area contributed by atoms with Crippen LogP contribution in [0.1, 0.15) is 19.4 Å². The summed E-state index contributed by atoms with van der Waals surface area (Å²) in [6, 6.07) is 5.50. The molecule has 0 amide bonds. The highest BCUT2D eigenvalue weighted by molar-refractivity contribution is 6.34. The van der Waals surface area contributed by atoms with E-state index in [1.807, 2.05) is 12.1 Å². The molecule has 0 aliphatic heterocycles. The number of halogens is 1. The van der Waals surface area contributed by atoms with Crippen molar-refractivity contribution in [1.29, 1.82) is 0 Å². The topological polar surface area (TPSA) is 33.4 Å². The molecule has 0 aliphatic rings. The van der Waals surface area contributed by atoms with Crippen LogP contribution in [0.15, 0.2) is 28.9 Å². The molecular formula is C11H11ClO2. The number of benzene rings is 1. The molecule has 3 heteroatoms. The molecule has 1 heterocycles. The Bertz CT molecular complexity index is 466. The molecule has 1 aromatic heterocycles. The maximum atomic E-state index is 9.86. The smallest absolute Gasteiger partial charge is 0.152 e. The third-order valence-corrected chi connectivity index (χ3v) is 2.51. The lowest BCUT2D eigenvalue weighted by Gasteiger charge is -2.14. The van der Waals surface area contributed by atoms with Gasteiger partial charge in [0.25, 0.3) is 0 Å². The van der Waals surface area contributed by atoms with Gasteiger partial charge in [0.15, 0.2) is 5.58 Å². The van der Waals surface area contributed by atoms with Crippen LogP contribution in [0.4, 0.5) is 0 Å². The van der Waals surface area contributed by atoms with Gasteiger partial charge in [0, 0.05) is 10.9 Å². The van der Waals surface area contributed by atoms with E-state index in [2.05, 4.69) is 0 Å². The summed E-state index contributed by atoms with van der Waals surface area (Å²) in [5, 5.41) is 11.3. The Kier molecular flexibility index (Phi) is 2.05. The third-order valence-electron chi connectivity index (χ3n) is 2.21. The van der Waals surface area contributed by atoms with Crippen LogP contribution in [0, 0.1) is 0 Å². The molecule has 0 atom stereocenters. The number of furan rings is 1. The number of para-hydroxylation sites is 1. The summed E-state index contributed by atoms with van der Waals surface area (Å²) in [7, 11) is 0. The zero-order chi connectivity index (χ0) is 10.3. The van der Waals surface area contributed by atoms with E-state index in [1.54, 1.807) is 26.2 Å². The quantitative estimate of drug-likeness (QED) is 0.784. The lowest BCUT2D eigenvalue weighted by Crippen LogP contribution is -2.14. The predicted molar refractivity (Wildman–Crippen MR) is 56.5 cm³/mol. The van der Waals surface area contributed by atoms with E-state index >= 15 is 0 Å². The second-order valence-corrected chi connectivity index (χ2v) is 4.23. The van der Waals surface area contributed by atoms with E-state index in [1.165, 1.54) is 0 Å². The van der Waals surface area contributed by atoms with Gasteiger partial charge in [-0.1, -0.05) is 23.7 Å². The number of hydrogen-bond donors (Lipinski definition) is 1. The molecule has 0 fully saturated rings. The number of hydrogen-bond acceptors (Lipinski definition) is 2. The second kappa shape index (κ2) is 3.01. The van der Waals surface area contributed by atoms with Crippen molar-refractivity contribution in [3.63, 3.8) is 0 Å². The minimum Gasteiger partial charge on any atom is -0.462 e. The van der Waals surface area contributed by atoms with Crippen molar-refractivity contribution in [3.05, 3.63) is 35.0 Å². The Morgan fingerprint density at radius 1 is 1.36 bits per heavy atom. The molecule has 0 unspecified atom stereocenters. The van der Waals surface area contributed by atoms with Gasteiger partial charge >= 0.3 is 0 Å². The molecule has 0 spiro atoms. The molecule has 74 valence electrons. The largest absolute Gasteiger partial charge is 0.462 e. The summed E-state index contributed by atoms with van der Waals surface area (Å²) in [6.45, 7) is 3.44. The van der Waals surface area contributed by atoms with Gasteiger partial charge in [-0.2, -0.15) is 0 Å². The molecule has 1 N–H and O–H groups in total. The van der Waals surface area contributed by atoms with Gasteiger partial charge in [0.05, 0.1) is 16.9 Å². The Balaban J connectivity index is 2.76. The first-order chi connectivity index (χ1) is 6.50. The van der Waals surface area contributed by atoms with Crippen molar-refractivity contribution < 1.29 is 9.52 Å². The van der Waals surface area contributed by atoms with Crippen molar-refractivity contribution in [1.82, 2.24) is 0 Å². The van der Waals surface area contributed by atoms with Crippen LogP contribution in [-0.4, -0.2) is 5.11 Å². The van der Waals surface area contributed by atoms with Crippen LogP contribution in [0.3, 0.4) is 0 Å². The van der Waals surface area contributed by atoms with Crippen LogP contribution >= 0.6 is 11.6 Å². The molecule has 2 nitrogen and oxygen atoms in total. The Hall–Kier alpha value is -0.990. The van der Waals surface area contributed by atoms with Crippen molar-refractivity contribution >= 4 is 22.6 Å². The van der Waals surface area contributed by atoms with Crippen molar-refractivity contribution in [2.24, 2.45) is 0 Å². The van der Waals surface area contributed by atoms with E-state index < -0.39 is 5.60 Å². The minimum absolute atomic E-state index is 0.568. The number of rotatable bonds is 1. The van der Waals surface area contributed by atoms with Crippen LogP contribution in [0.2, 0.25) is 5.02 Å². The fraction of sp³-hybridized carbons (Fsp3) is 0.273. The second-order valence-electron chi connectivity index (χ2n) is 3.82. The van der Waals surface area contributed by atoms with Gasteiger partial charge < -0.3 is 9.52 Å². The summed E-state index contributed by atoms with van der Waals surface area (Å²) < 4.78 is 5.31. The molecule has 0 saturated carbocycles. The first-order valence-corrected chi connectivity index (χ1v) is 4.76. The third kappa shape index (κ3) is 1.41. The Morgan fingerprint density at radius 2 is 2.07 bits per heavy atom. The molecular weight excluding hydrogens is 200 g/mol. The van der Waals surface area contributed by atoms with Crippen molar-refractivity contribution in [3.8, 4) is 0 Å². The van der Waals surface area contributed by atoms with Gasteiger partial charge in [-0.15, -0.1) is 0 Å². The predicted octanol–water partition coefficient (Wildman–Crippen LogP) is 3.31. The van der Waals surface area contributed by atoms with E-state index in [0.29, 0.717) is 10.6 Å². The Morgan fingerprint density at radius 3 is 2.71 bits per heavy atom. The van der Waals surface area contributed by atoms with Gasteiger partial charge in [-0.25, -0.2) is 0 Å². The van der Waals surface area contributed by atoms with E-state index in [0.717, 1.165) is 10.9 Å². The highest BCUT2D eigenvalue weighted by Crippen LogP contribution is 2.33. The van der Waals surface area contributed by atoms with Crippen LogP contribution in [-0.2, 0) is 5.60 Å². The van der Waals surface area contributed by atoms with Gasteiger partial charge in [0.1, 0.15) is 0 Å². The molecule has 2 rings (SSSR count). The summed E-state index contributed by atoms with van der Waals surface area (Å²) >= 11 is 5.95. The molecule has 0 radical (unpaired) electrons. The fourth-order valence-electron chi connectivity index (χ4n) is 1.50. The molecule has 0 bridgehead atoms. The summed E-state index contributed by atoms with van der Waals surface area (Å²) in [5.74, 6) is 0. The maximum absolute atomic E-state index is 9.86. The number of fused-ring (bicyclic) bond motifs is 1. The van der Waals surface area contributed by atoms with Gasteiger partial charge in [-0.3, -0.25) is 0 Å². The van der Waals surface area contributed by atoms with E-state index in [9.17, 15) is 5.11 Å². The monoisotopic (exact) mass is 210 g/mol. The SMILES string of the molecule is CC(C)(O)c1coc2c(Cl)cccc12. The van der Waals surface area contributed by atoms with Gasteiger partial charge in [-0.05, 0) is 19.9 Å². The van der Waals surface area contributed by atoms with Crippen LogP contribution < -0.4 is 0 Å². The fourth-order valence-corrected chi connectivity index (χ4v) is 1.71. The van der Waals surface area contributed by atoms with Crippen molar-refractivity contribution in [2.45, 2.75) is 19.4 Å². The highest BCUT2D eigenvalue weighted by atomic mass is 35.5. The van der Waals surface area contributed by atoms with Gasteiger partial charge in [0.2, 0.25) is 0 Å². The van der Waals surface area contributed by atoms with Crippen LogP contribution in [0.25, 0.3) is 11.0 Å². The molecule has 2 aromatic rings. The summed E-state index contributed by atoms with van der Waals surface area (Å²) in [6.07, 6.45) is 1.55. The normalized spacial score (nSPS) is 12.3.